The number of hydrogen-bond acceptors (Lipinski definition) is 4. The molecule has 80 valence electrons. The van der Waals surface area contributed by atoms with Crippen LogP contribution in [0.4, 0.5) is 0 Å². The average Bonchev–Trinajstić information content (AvgIpc) is 2.52. The summed E-state index contributed by atoms with van der Waals surface area (Å²) in [5.41, 5.74) is 8.86. The van der Waals surface area contributed by atoms with Crippen molar-refractivity contribution >= 4 is 11.3 Å². The molecule has 0 aromatic carbocycles. The Labute approximate surface area is 89.9 Å². The van der Waals surface area contributed by atoms with Crippen molar-refractivity contribution in [3.05, 3.63) is 16.6 Å². The van der Waals surface area contributed by atoms with Gasteiger partial charge >= 0.3 is 0 Å². The van der Waals surface area contributed by atoms with Gasteiger partial charge in [0.1, 0.15) is 0 Å². The molecular weight excluding hydrogens is 194 g/mol. The molecule has 0 spiro atoms. The fourth-order valence-electron chi connectivity index (χ4n) is 1.15. The maximum absolute atomic E-state index is 5.92. The van der Waals surface area contributed by atoms with Crippen LogP contribution in [0.3, 0.4) is 0 Å². The Balaban J connectivity index is 2.26. The Morgan fingerprint density at radius 2 is 2.29 bits per heavy atom. The van der Waals surface area contributed by atoms with Crippen molar-refractivity contribution in [2.45, 2.75) is 32.4 Å². The summed E-state index contributed by atoms with van der Waals surface area (Å²) in [5, 5.41) is 2.09. The molecule has 1 aromatic rings. The van der Waals surface area contributed by atoms with Crippen LogP contribution in [0, 0.1) is 0 Å². The van der Waals surface area contributed by atoms with Crippen LogP contribution in [-0.4, -0.2) is 29.0 Å². The topological polar surface area (TPSA) is 42.1 Å². The summed E-state index contributed by atoms with van der Waals surface area (Å²) in [7, 11) is 2.10. The smallest absolute Gasteiger partial charge is 0.0795 e. The van der Waals surface area contributed by atoms with E-state index < -0.39 is 0 Å². The first-order valence-electron chi connectivity index (χ1n) is 4.82. The summed E-state index contributed by atoms with van der Waals surface area (Å²) in [6.45, 7) is 6.05. The van der Waals surface area contributed by atoms with E-state index in [1.807, 2.05) is 5.51 Å². The SMILES string of the molecule is CN(CCC(C)(C)N)Cc1cscn1. The van der Waals surface area contributed by atoms with Crippen molar-refractivity contribution in [1.82, 2.24) is 9.88 Å². The van der Waals surface area contributed by atoms with Gasteiger partial charge in [-0.1, -0.05) is 0 Å². The predicted octanol–water partition coefficient (Wildman–Crippen LogP) is 1.70. The minimum Gasteiger partial charge on any atom is -0.326 e. The lowest BCUT2D eigenvalue weighted by Gasteiger charge is -2.22. The summed E-state index contributed by atoms with van der Waals surface area (Å²) in [4.78, 5) is 6.50. The molecule has 2 N–H and O–H groups in total. The molecule has 0 aliphatic heterocycles. The molecule has 0 saturated carbocycles. The van der Waals surface area contributed by atoms with Crippen molar-refractivity contribution < 1.29 is 0 Å². The highest BCUT2D eigenvalue weighted by atomic mass is 32.1. The lowest BCUT2D eigenvalue weighted by atomic mass is 10.0. The first-order chi connectivity index (χ1) is 6.47. The molecule has 0 radical (unpaired) electrons. The third kappa shape index (κ3) is 4.69. The van der Waals surface area contributed by atoms with Gasteiger partial charge in [-0.05, 0) is 33.9 Å². The maximum Gasteiger partial charge on any atom is 0.0795 e. The first kappa shape index (κ1) is 11.6. The highest BCUT2D eigenvalue weighted by Crippen LogP contribution is 2.08. The van der Waals surface area contributed by atoms with E-state index in [1.54, 1.807) is 11.3 Å². The van der Waals surface area contributed by atoms with Gasteiger partial charge in [0.2, 0.25) is 0 Å². The van der Waals surface area contributed by atoms with Crippen LogP contribution in [0.5, 0.6) is 0 Å². The zero-order valence-electron chi connectivity index (χ0n) is 9.16. The normalized spacial score (nSPS) is 12.4. The Morgan fingerprint density at radius 3 is 2.79 bits per heavy atom. The lowest BCUT2D eigenvalue weighted by Crippen LogP contribution is -2.36. The molecule has 0 bridgehead atoms. The molecule has 0 fully saturated rings. The van der Waals surface area contributed by atoms with Gasteiger partial charge in [0.25, 0.3) is 0 Å². The summed E-state index contributed by atoms with van der Waals surface area (Å²) >= 11 is 1.64. The van der Waals surface area contributed by atoms with Crippen LogP contribution in [0.1, 0.15) is 26.0 Å². The van der Waals surface area contributed by atoms with E-state index in [2.05, 4.69) is 36.2 Å². The van der Waals surface area contributed by atoms with Gasteiger partial charge in [-0.3, -0.25) is 0 Å². The van der Waals surface area contributed by atoms with Crippen LogP contribution < -0.4 is 5.73 Å². The van der Waals surface area contributed by atoms with E-state index in [-0.39, 0.29) is 5.54 Å². The quantitative estimate of drug-likeness (QED) is 0.809. The third-order valence-corrected chi connectivity index (χ3v) is 2.69. The van der Waals surface area contributed by atoms with Crippen molar-refractivity contribution in [2.24, 2.45) is 5.73 Å². The second kappa shape index (κ2) is 4.87. The predicted molar refractivity (Wildman–Crippen MR) is 61.3 cm³/mol. The Morgan fingerprint density at radius 1 is 1.57 bits per heavy atom. The molecule has 1 aromatic heterocycles. The molecule has 0 aliphatic carbocycles. The van der Waals surface area contributed by atoms with Crippen LogP contribution in [0.2, 0.25) is 0 Å². The van der Waals surface area contributed by atoms with E-state index in [0.717, 1.165) is 25.2 Å². The van der Waals surface area contributed by atoms with Gasteiger partial charge in [0.05, 0.1) is 11.2 Å². The molecular formula is C10H19N3S. The van der Waals surface area contributed by atoms with Crippen LogP contribution in [-0.2, 0) is 6.54 Å². The monoisotopic (exact) mass is 213 g/mol. The number of rotatable bonds is 5. The van der Waals surface area contributed by atoms with Gasteiger partial charge in [0, 0.05) is 17.5 Å². The summed E-state index contributed by atoms with van der Waals surface area (Å²) in [6, 6.07) is 0. The first-order valence-corrected chi connectivity index (χ1v) is 5.76. The Hall–Kier alpha value is -0.450. The van der Waals surface area contributed by atoms with Crippen molar-refractivity contribution in [3.8, 4) is 0 Å². The Bertz CT molecular complexity index is 251. The second-order valence-corrected chi connectivity index (χ2v) is 5.17. The zero-order valence-corrected chi connectivity index (χ0v) is 9.97. The molecule has 3 nitrogen and oxygen atoms in total. The summed E-state index contributed by atoms with van der Waals surface area (Å²) < 4.78 is 0. The molecule has 0 atom stereocenters. The largest absolute Gasteiger partial charge is 0.326 e. The van der Waals surface area contributed by atoms with Gasteiger partial charge in [-0.25, -0.2) is 4.98 Å². The van der Waals surface area contributed by atoms with Crippen LogP contribution >= 0.6 is 11.3 Å². The molecule has 1 heterocycles. The van der Waals surface area contributed by atoms with Crippen molar-refractivity contribution in [1.29, 1.82) is 0 Å². The summed E-state index contributed by atoms with van der Waals surface area (Å²) in [5.74, 6) is 0. The molecule has 0 saturated heterocycles. The van der Waals surface area contributed by atoms with Crippen molar-refractivity contribution in [3.63, 3.8) is 0 Å². The van der Waals surface area contributed by atoms with Crippen LogP contribution in [0.15, 0.2) is 10.9 Å². The Kier molecular flexibility index (Phi) is 4.04. The van der Waals surface area contributed by atoms with Crippen molar-refractivity contribution in [2.75, 3.05) is 13.6 Å². The molecule has 0 amide bonds. The number of thiazole rings is 1. The van der Waals surface area contributed by atoms with E-state index in [9.17, 15) is 0 Å². The minimum atomic E-state index is -0.0731. The van der Waals surface area contributed by atoms with Gasteiger partial charge in [0.15, 0.2) is 0 Å². The zero-order chi connectivity index (χ0) is 10.6. The molecule has 0 unspecified atom stereocenters. The van der Waals surface area contributed by atoms with E-state index in [1.165, 1.54) is 0 Å². The molecule has 14 heavy (non-hydrogen) atoms. The molecule has 1 rings (SSSR count). The fourth-order valence-corrected chi connectivity index (χ4v) is 1.70. The third-order valence-electron chi connectivity index (χ3n) is 2.05. The van der Waals surface area contributed by atoms with Gasteiger partial charge in [-0.2, -0.15) is 0 Å². The average molecular weight is 213 g/mol. The maximum atomic E-state index is 5.92. The van der Waals surface area contributed by atoms with E-state index in [0.29, 0.717) is 0 Å². The number of aromatic nitrogens is 1. The van der Waals surface area contributed by atoms with Gasteiger partial charge in [-0.15, -0.1) is 11.3 Å². The van der Waals surface area contributed by atoms with Crippen LogP contribution in [0.25, 0.3) is 0 Å². The number of nitrogens with zero attached hydrogens (tertiary/aromatic N) is 2. The lowest BCUT2D eigenvalue weighted by molar-refractivity contribution is 0.286. The standard InChI is InChI=1S/C10H19N3S/c1-10(2,11)4-5-13(3)6-9-7-14-8-12-9/h7-8H,4-6,11H2,1-3H3. The minimum absolute atomic E-state index is 0.0731. The van der Waals surface area contributed by atoms with Gasteiger partial charge < -0.3 is 10.6 Å². The number of hydrogen-bond donors (Lipinski definition) is 1. The number of nitrogens with two attached hydrogens (primary N) is 1. The van der Waals surface area contributed by atoms with E-state index in [4.69, 9.17) is 5.73 Å². The van der Waals surface area contributed by atoms with E-state index >= 15 is 0 Å². The molecule has 0 aliphatic rings. The highest BCUT2D eigenvalue weighted by Gasteiger charge is 2.11. The fraction of sp³-hybridized carbons (Fsp3) is 0.700. The highest BCUT2D eigenvalue weighted by molar-refractivity contribution is 7.07. The second-order valence-electron chi connectivity index (χ2n) is 4.46. The summed E-state index contributed by atoms with van der Waals surface area (Å²) in [6.07, 6.45) is 1.01. The molecule has 4 heteroatoms.